The van der Waals surface area contributed by atoms with Crippen molar-refractivity contribution in [2.24, 2.45) is 5.41 Å². The molecule has 0 bridgehead atoms. The molecule has 1 fully saturated rings. The van der Waals surface area contributed by atoms with Crippen molar-refractivity contribution in [2.75, 3.05) is 6.54 Å². The standard InChI is InChI=1S/C7H11F3N2O/c1-7(2)3-12(11-6(7)13)5(10)4(8)9/h4-5H,3H2,1-2H3,(H,11,13). The lowest BCUT2D eigenvalue weighted by Crippen LogP contribution is -2.43. The van der Waals surface area contributed by atoms with Gasteiger partial charge in [-0.2, -0.15) is 5.01 Å². The maximum absolute atomic E-state index is 12.7. The highest BCUT2D eigenvalue weighted by Crippen LogP contribution is 2.25. The minimum atomic E-state index is -3.10. The zero-order chi connectivity index (χ0) is 10.2. The number of carbonyl (C=O) groups is 1. The predicted molar refractivity (Wildman–Crippen MR) is 39.5 cm³/mol. The van der Waals surface area contributed by atoms with Crippen molar-refractivity contribution in [1.82, 2.24) is 10.4 Å². The lowest BCUT2D eigenvalue weighted by Gasteiger charge is -2.19. The summed E-state index contributed by atoms with van der Waals surface area (Å²) in [5.74, 6) is -0.434. The molecule has 1 saturated heterocycles. The summed E-state index contributed by atoms with van der Waals surface area (Å²) in [6, 6.07) is 0. The summed E-state index contributed by atoms with van der Waals surface area (Å²) >= 11 is 0. The summed E-state index contributed by atoms with van der Waals surface area (Å²) in [6.07, 6.45) is -5.53. The van der Waals surface area contributed by atoms with E-state index < -0.39 is 24.0 Å². The zero-order valence-corrected chi connectivity index (χ0v) is 7.35. The Morgan fingerprint density at radius 1 is 1.46 bits per heavy atom. The van der Waals surface area contributed by atoms with Gasteiger partial charge in [-0.25, -0.2) is 13.2 Å². The van der Waals surface area contributed by atoms with Gasteiger partial charge in [-0.15, -0.1) is 0 Å². The van der Waals surface area contributed by atoms with E-state index in [9.17, 15) is 18.0 Å². The molecule has 0 aliphatic carbocycles. The number of hydrogen-bond acceptors (Lipinski definition) is 2. The zero-order valence-electron chi connectivity index (χ0n) is 7.35. The van der Waals surface area contributed by atoms with Gasteiger partial charge in [-0.05, 0) is 13.8 Å². The van der Waals surface area contributed by atoms with E-state index in [-0.39, 0.29) is 6.54 Å². The summed E-state index contributed by atoms with van der Waals surface area (Å²) in [6.45, 7) is 3.10. The molecular weight excluding hydrogens is 185 g/mol. The van der Waals surface area contributed by atoms with Crippen LogP contribution in [0.15, 0.2) is 0 Å². The van der Waals surface area contributed by atoms with Gasteiger partial charge in [0.05, 0.1) is 5.41 Å². The largest absolute Gasteiger partial charge is 0.286 e. The molecule has 6 heteroatoms. The highest BCUT2D eigenvalue weighted by atomic mass is 19.3. The Morgan fingerprint density at radius 3 is 2.31 bits per heavy atom. The second-order valence-corrected chi connectivity index (χ2v) is 3.66. The number of nitrogens with one attached hydrogen (secondary N) is 1. The van der Waals surface area contributed by atoms with E-state index in [4.69, 9.17) is 0 Å². The Hall–Kier alpha value is -0.780. The van der Waals surface area contributed by atoms with Crippen molar-refractivity contribution in [2.45, 2.75) is 26.6 Å². The molecule has 0 radical (unpaired) electrons. The lowest BCUT2D eigenvalue weighted by molar-refractivity contribution is -0.128. The van der Waals surface area contributed by atoms with E-state index in [0.717, 1.165) is 0 Å². The van der Waals surface area contributed by atoms with Crippen molar-refractivity contribution >= 4 is 5.91 Å². The third kappa shape index (κ3) is 1.93. The highest BCUT2D eigenvalue weighted by molar-refractivity contribution is 5.83. The van der Waals surface area contributed by atoms with Gasteiger partial charge in [-0.1, -0.05) is 0 Å². The number of rotatable bonds is 2. The van der Waals surface area contributed by atoms with Crippen molar-refractivity contribution in [1.29, 1.82) is 0 Å². The molecule has 1 heterocycles. The van der Waals surface area contributed by atoms with Crippen LogP contribution in [0.5, 0.6) is 0 Å². The van der Waals surface area contributed by atoms with Crippen LogP contribution in [0, 0.1) is 5.41 Å². The topological polar surface area (TPSA) is 32.3 Å². The van der Waals surface area contributed by atoms with Crippen LogP contribution in [0.3, 0.4) is 0 Å². The summed E-state index contributed by atoms with van der Waals surface area (Å²) in [4.78, 5) is 11.1. The Bertz CT molecular complexity index is 220. The van der Waals surface area contributed by atoms with E-state index >= 15 is 0 Å². The second kappa shape index (κ2) is 3.17. The molecule has 0 aromatic heterocycles. The van der Waals surface area contributed by atoms with Crippen LogP contribution >= 0.6 is 0 Å². The van der Waals surface area contributed by atoms with Crippen molar-refractivity contribution < 1.29 is 18.0 Å². The molecule has 0 aromatic rings. The molecule has 1 unspecified atom stereocenters. The summed E-state index contributed by atoms with van der Waals surface area (Å²) in [5.41, 5.74) is 1.26. The first-order valence-electron chi connectivity index (χ1n) is 3.84. The van der Waals surface area contributed by atoms with Crippen LogP contribution in [0.4, 0.5) is 13.2 Å². The van der Waals surface area contributed by atoms with Crippen LogP contribution in [-0.4, -0.2) is 30.2 Å². The fourth-order valence-electron chi connectivity index (χ4n) is 1.10. The molecule has 1 amide bonds. The van der Waals surface area contributed by atoms with E-state index in [1.807, 2.05) is 0 Å². The van der Waals surface area contributed by atoms with Gasteiger partial charge >= 0.3 is 0 Å². The molecule has 0 spiro atoms. The van der Waals surface area contributed by atoms with Crippen LogP contribution in [-0.2, 0) is 4.79 Å². The smallest absolute Gasteiger partial charge is 0.284 e. The molecule has 13 heavy (non-hydrogen) atoms. The Kier molecular flexibility index (Phi) is 2.51. The average Bonchev–Trinajstić information content (AvgIpc) is 2.25. The van der Waals surface area contributed by atoms with Crippen molar-refractivity contribution in [3.8, 4) is 0 Å². The molecule has 1 atom stereocenters. The molecule has 1 aliphatic heterocycles. The minimum absolute atomic E-state index is 0.0443. The van der Waals surface area contributed by atoms with Crippen LogP contribution < -0.4 is 5.43 Å². The number of nitrogens with zero attached hydrogens (tertiary/aromatic N) is 1. The number of hydrazine groups is 1. The number of hydrogen-bond donors (Lipinski definition) is 1. The number of halogens is 3. The Labute approximate surface area is 73.9 Å². The van der Waals surface area contributed by atoms with Gasteiger partial charge in [0, 0.05) is 6.54 Å². The normalized spacial score (nSPS) is 24.9. The molecule has 0 aromatic carbocycles. The van der Waals surface area contributed by atoms with Crippen LogP contribution in [0.1, 0.15) is 13.8 Å². The SMILES string of the molecule is CC1(C)CN(C(F)C(F)F)NC1=O. The summed E-state index contributed by atoms with van der Waals surface area (Å²) in [5, 5.41) is 0.632. The average molecular weight is 196 g/mol. The first-order chi connectivity index (χ1) is 5.84. The van der Waals surface area contributed by atoms with Gasteiger partial charge < -0.3 is 0 Å². The molecule has 0 saturated carbocycles. The van der Waals surface area contributed by atoms with Gasteiger partial charge in [0.15, 0.2) is 0 Å². The fraction of sp³-hybridized carbons (Fsp3) is 0.857. The highest BCUT2D eigenvalue weighted by Gasteiger charge is 2.43. The van der Waals surface area contributed by atoms with E-state index in [1.165, 1.54) is 0 Å². The number of carbonyl (C=O) groups excluding carboxylic acids is 1. The first-order valence-corrected chi connectivity index (χ1v) is 3.84. The van der Waals surface area contributed by atoms with E-state index in [0.29, 0.717) is 5.01 Å². The maximum atomic E-state index is 12.7. The number of alkyl halides is 3. The quantitative estimate of drug-likeness (QED) is 0.666. The monoisotopic (exact) mass is 196 g/mol. The van der Waals surface area contributed by atoms with Crippen LogP contribution in [0.2, 0.25) is 0 Å². The van der Waals surface area contributed by atoms with Crippen LogP contribution in [0.25, 0.3) is 0 Å². The number of amides is 1. The molecule has 1 N–H and O–H groups in total. The van der Waals surface area contributed by atoms with Gasteiger partial charge in [0.25, 0.3) is 6.43 Å². The second-order valence-electron chi connectivity index (χ2n) is 3.66. The first kappa shape index (κ1) is 10.3. The summed E-state index contributed by atoms with van der Waals surface area (Å²) < 4.78 is 36.5. The molecule has 76 valence electrons. The third-order valence-electron chi connectivity index (χ3n) is 1.93. The third-order valence-corrected chi connectivity index (χ3v) is 1.93. The van der Waals surface area contributed by atoms with Gasteiger partial charge in [-0.3, -0.25) is 10.2 Å². The van der Waals surface area contributed by atoms with Crippen molar-refractivity contribution in [3.05, 3.63) is 0 Å². The molecule has 1 rings (SSSR count). The van der Waals surface area contributed by atoms with Gasteiger partial charge in [0.2, 0.25) is 12.2 Å². The molecule has 1 aliphatic rings. The Morgan fingerprint density at radius 2 is 2.00 bits per heavy atom. The Balaban J connectivity index is 2.64. The minimum Gasteiger partial charge on any atom is -0.286 e. The maximum Gasteiger partial charge on any atom is 0.284 e. The lowest BCUT2D eigenvalue weighted by atomic mass is 9.94. The molecule has 3 nitrogen and oxygen atoms in total. The van der Waals surface area contributed by atoms with E-state index in [1.54, 1.807) is 13.8 Å². The fourth-order valence-corrected chi connectivity index (χ4v) is 1.10. The summed E-state index contributed by atoms with van der Waals surface area (Å²) in [7, 11) is 0. The van der Waals surface area contributed by atoms with E-state index in [2.05, 4.69) is 5.43 Å². The molecular formula is C7H11F3N2O. The predicted octanol–water partition coefficient (Wildman–Crippen LogP) is 0.920. The van der Waals surface area contributed by atoms with Crippen molar-refractivity contribution in [3.63, 3.8) is 0 Å². The van der Waals surface area contributed by atoms with Gasteiger partial charge in [0.1, 0.15) is 0 Å².